The van der Waals surface area contributed by atoms with Crippen LogP contribution in [-0.4, -0.2) is 4.98 Å². The first-order chi connectivity index (χ1) is 4.74. The van der Waals surface area contributed by atoms with E-state index in [1.165, 1.54) is 12.3 Å². The van der Waals surface area contributed by atoms with Crippen LogP contribution in [0.2, 0.25) is 5.15 Å². The van der Waals surface area contributed by atoms with Gasteiger partial charge in [0.1, 0.15) is 0 Å². The minimum Gasteiger partial charge on any atom is -0.240 e. The Balaban J connectivity index is 3.04. The predicted octanol–water partition coefficient (Wildman–Crippen LogP) is 3.12. The minimum atomic E-state index is -0.549. The van der Waals surface area contributed by atoms with Gasteiger partial charge in [-0.1, -0.05) is 11.6 Å². The Labute approximate surface area is 71.1 Å². The number of aromatic nitrogens is 1. The zero-order chi connectivity index (χ0) is 7.56. The van der Waals surface area contributed by atoms with Gasteiger partial charge in [0.15, 0.2) is 11.0 Å². The summed E-state index contributed by atoms with van der Waals surface area (Å²) in [6.07, 6.45) is 1.41. The van der Waals surface area contributed by atoms with Crippen LogP contribution in [0.5, 0.6) is 0 Å². The van der Waals surface area contributed by atoms with Gasteiger partial charge >= 0.3 is 0 Å². The highest BCUT2D eigenvalue weighted by Crippen LogP contribution is 2.23. The summed E-state index contributed by atoms with van der Waals surface area (Å²) in [6.45, 7) is 0. The van der Waals surface area contributed by atoms with Crippen molar-refractivity contribution >= 4 is 33.3 Å². The molecule has 0 spiro atoms. The number of halogens is 3. The second-order valence-corrected chi connectivity index (χ2v) is 2.97. The molecular formula is C5H2Cl2FNS. The van der Waals surface area contributed by atoms with E-state index in [9.17, 15) is 4.39 Å². The van der Waals surface area contributed by atoms with Crippen molar-refractivity contribution in [3.8, 4) is 0 Å². The molecule has 54 valence electrons. The van der Waals surface area contributed by atoms with Gasteiger partial charge in [-0.25, -0.2) is 9.37 Å². The highest BCUT2D eigenvalue weighted by Gasteiger charge is 2.00. The van der Waals surface area contributed by atoms with Crippen molar-refractivity contribution in [3.05, 3.63) is 23.2 Å². The van der Waals surface area contributed by atoms with E-state index < -0.39 is 5.82 Å². The van der Waals surface area contributed by atoms with Crippen LogP contribution in [-0.2, 0) is 0 Å². The molecule has 0 N–H and O–H groups in total. The molecule has 1 heterocycles. The maximum Gasteiger partial charge on any atom is 0.164 e. The Hall–Kier alpha value is 0.01000. The van der Waals surface area contributed by atoms with Crippen molar-refractivity contribution < 1.29 is 4.39 Å². The topological polar surface area (TPSA) is 12.9 Å². The molecule has 0 saturated carbocycles. The van der Waals surface area contributed by atoms with Gasteiger partial charge in [0.05, 0.1) is 0 Å². The van der Waals surface area contributed by atoms with Crippen LogP contribution in [0.1, 0.15) is 0 Å². The molecule has 0 aliphatic heterocycles. The van der Waals surface area contributed by atoms with Gasteiger partial charge < -0.3 is 0 Å². The summed E-state index contributed by atoms with van der Waals surface area (Å²) in [6, 6.07) is 1.23. The lowest BCUT2D eigenvalue weighted by atomic mass is 10.5. The number of hydrogen-bond donors (Lipinski definition) is 0. The molecule has 0 amide bonds. The molecule has 0 aliphatic rings. The third-order valence-electron chi connectivity index (χ3n) is 0.860. The van der Waals surface area contributed by atoms with Gasteiger partial charge in [-0.3, -0.25) is 0 Å². The molecule has 0 atom stereocenters. The Kier molecular flexibility index (Phi) is 2.77. The highest BCUT2D eigenvalue weighted by atomic mass is 35.7. The van der Waals surface area contributed by atoms with E-state index in [2.05, 4.69) is 4.98 Å². The van der Waals surface area contributed by atoms with Crippen molar-refractivity contribution in [2.24, 2.45) is 0 Å². The van der Waals surface area contributed by atoms with Crippen LogP contribution >= 0.6 is 33.3 Å². The van der Waals surface area contributed by atoms with Gasteiger partial charge in [0, 0.05) is 11.1 Å². The lowest BCUT2D eigenvalue weighted by molar-refractivity contribution is 0.617. The first kappa shape index (κ1) is 8.11. The summed E-state index contributed by atoms with van der Waals surface area (Å²) in [5.74, 6) is -0.549. The van der Waals surface area contributed by atoms with Gasteiger partial charge in [-0.15, -0.1) is 0 Å². The fourth-order valence-electron chi connectivity index (χ4n) is 0.446. The van der Waals surface area contributed by atoms with Gasteiger partial charge in [-0.05, 0) is 27.7 Å². The molecule has 1 aromatic rings. The molecule has 0 aliphatic carbocycles. The van der Waals surface area contributed by atoms with Crippen molar-refractivity contribution in [3.63, 3.8) is 0 Å². The predicted molar refractivity (Wildman–Crippen MR) is 40.9 cm³/mol. The summed E-state index contributed by atoms with van der Waals surface area (Å²) in [7, 11) is 6.22. The Morgan fingerprint density at radius 2 is 2.30 bits per heavy atom. The number of nitrogens with zero attached hydrogens (tertiary/aromatic N) is 1. The molecule has 0 aromatic carbocycles. The third kappa shape index (κ3) is 1.75. The molecule has 0 fully saturated rings. The summed E-state index contributed by atoms with van der Waals surface area (Å²) in [5.41, 5.74) is 0. The van der Waals surface area contributed by atoms with Crippen molar-refractivity contribution in [1.82, 2.24) is 4.98 Å². The summed E-state index contributed by atoms with van der Waals surface area (Å²) < 4.78 is 12.5. The fourth-order valence-corrected chi connectivity index (χ4v) is 1.04. The van der Waals surface area contributed by atoms with Crippen LogP contribution in [0, 0.1) is 5.82 Å². The molecular weight excluding hydrogens is 196 g/mol. The molecule has 0 bridgehead atoms. The maximum absolute atomic E-state index is 12.5. The van der Waals surface area contributed by atoms with Gasteiger partial charge in [0.25, 0.3) is 0 Å². The number of pyridine rings is 1. The standard InChI is InChI=1S/C5H2Cl2FNS/c6-5-4(8)1-3(10-7)2-9-5/h1-2H. The minimum absolute atomic E-state index is 0.130. The number of hydrogen-bond acceptors (Lipinski definition) is 2. The maximum atomic E-state index is 12.5. The van der Waals surface area contributed by atoms with Crippen molar-refractivity contribution in [2.75, 3.05) is 0 Å². The highest BCUT2D eigenvalue weighted by molar-refractivity contribution is 8.21. The van der Waals surface area contributed by atoms with Crippen LogP contribution in [0.4, 0.5) is 4.39 Å². The molecule has 10 heavy (non-hydrogen) atoms. The quantitative estimate of drug-likeness (QED) is 0.643. The lowest BCUT2D eigenvalue weighted by Crippen LogP contribution is -1.81. The van der Waals surface area contributed by atoms with Crippen molar-refractivity contribution in [2.45, 2.75) is 4.90 Å². The Morgan fingerprint density at radius 1 is 1.60 bits per heavy atom. The summed E-state index contributed by atoms with van der Waals surface area (Å²) >= 11 is 5.30. The smallest absolute Gasteiger partial charge is 0.164 e. The summed E-state index contributed by atoms with van der Waals surface area (Å²) in [5, 5.41) is -0.130. The first-order valence-corrected chi connectivity index (χ1v) is 4.35. The second-order valence-electron chi connectivity index (χ2n) is 1.52. The van der Waals surface area contributed by atoms with E-state index in [0.29, 0.717) is 4.90 Å². The SMILES string of the molecule is Fc1cc(SCl)cnc1Cl. The zero-order valence-electron chi connectivity index (χ0n) is 4.64. The monoisotopic (exact) mass is 197 g/mol. The van der Waals surface area contributed by atoms with Gasteiger partial charge in [0.2, 0.25) is 0 Å². The first-order valence-electron chi connectivity index (χ1n) is 2.33. The van der Waals surface area contributed by atoms with Crippen LogP contribution < -0.4 is 0 Å². The molecule has 0 unspecified atom stereocenters. The van der Waals surface area contributed by atoms with E-state index in [4.69, 9.17) is 22.3 Å². The molecule has 0 radical (unpaired) electrons. The third-order valence-corrected chi connectivity index (χ3v) is 2.07. The van der Waals surface area contributed by atoms with E-state index in [1.54, 1.807) is 0 Å². The van der Waals surface area contributed by atoms with E-state index in [-0.39, 0.29) is 5.15 Å². The second kappa shape index (κ2) is 3.42. The fraction of sp³-hybridized carbons (Fsp3) is 0. The number of rotatable bonds is 1. The Morgan fingerprint density at radius 3 is 2.80 bits per heavy atom. The van der Waals surface area contributed by atoms with Crippen molar-refractivity contribution in [1.29, 1.82) is 0 Å². The molecule has 1 rings (SSSR count). The molecule has 1 aromatic heterocycles. The van der Waals surface area contributed by atoms with E-state index in [1.807, 2.05) is 0 Å². The van der Waals surface area contributed by atoms with E-state index >= 15 is 0 Å². The Bertz CT molecular complexity index is 243. The zero-order valence-corrected chi connectivity index (χ0v) is 6.97. The largest absolute Gasteiger partial charge is 0.240 e. The molecule has 0 saturated heterocycles. The molecule has 5 heteroatoms. The molecule has 1 nitrogen and oxygen atoms in total. The van der Waals surface area contributed by atoms with Crippen LogP contribution in [0.25, 0.3) is 0 Å². The normalized spacial score (nSPS) is 9.90. The lowest BCUT2D eigenvalue weighted by Gasteiger charge is -1.93. The summed E-state index contributed by atoms with van der Waals surface area (Å²) in [4.78, 5) is 4.08. The average molecular weight is 198 g/mol. The van der Waals surface area contributed by atoms with E-state index in [0.717, 1.165) is 11.0 Å². The van der Waals surface area contributed by atoms with Gasteiger partial charge in [-0.2, -0.15) is 0 Å². The average Bonchev–Trinajstić information content (AvgIpc) is 1.95. The van der Waals surface area contributed by atoms with Crippen LogP contribution in [0.15, 0.2) is 17.2 Å². The van der Waals surface area contributed by atoms with Crippen LogP contribution in [0.3, 0.4) is 0 Å².